The van der Waals surface area contributed by atoms with Crippen molar-refractivity contribution in [2.45, 2.75) is 19.3 Å². The molecule has 26 heavy (non-hydrogen) atoms. The molecule has 1 heterocycles. The molecule has 0 radical (unpaired) electrons. The molecule has 5 nitrogen and oxygen atoms in total. The molecule has 0 aliphatic carbocycles. The molecule has 0 bridgehead atoms. The third-order valence-corrected chi connectivity index (χ3v) is 3.49. The molecule has 0 unspecified atom stereocenters. The van der Waals surface area contributed by atoms with Gasteiger partial charge in [-0.25, -0.2) is 4.98 Å². The molecule has 2 N–H and O–H groups in total. The van der Waals surface area contributed by atoms with Gasteiger partial charge >= 0.3 is 6.18 Å². The monoisotopic (exact) mass is 386 g/mol. The second-order valence-corrected chi connectivity index (χ2v) is 5.75. The zero-order valence-corrected chi connectivity index (χ0v) is 14.7. The molecule has 2 aromatic rings. The molecule has 9 heteroatoms. The van der Waals surface area contributed by atoms with E-state index in [9.17, 15) is 13.2 Å². The quantitative estimate of drug-likeness (QED) is 0.589. The SMILES string of the molecule is CN=C(NCc1ccc(Cl)cc1)NCc1ccnc(OCC(F)(F)F)c1. The van der Waals surface area contributed by atoms with E-state index in [0.717, 1.165) is 5.56 Å². The van der Waals surface area contributed by atoms with Crippen molar-refractivity contribution in [1.82, 2.24) is 15.6 Å². The highest BCUT2D eigenvalue weighted by Gasteiger charge is 2.28. The van der Waals surface area contributed by atoms with E-state index in [4.69, 9.17) is 11.6 Å². The summed E-state index contributed by atoms with van der Waals surface area (Å²) >= 11 is 5.85. The van der Waals surface area contributed by atoms with E-state index in [2.05, 4.69) is 25.3 Å². The Labute approximate surface area is 154 Å². The van der Waals surface area contributed by atoms with Gasteiger partial charge in [-0.1, -0.05) is 23.7 Å². The topological polar surface area (TPSA) is 58.5 Å². The molecule has 0 spiro atoms. The number of nitrogens with zero attached hydrogens (tertiary/aromatic N) is 2. The van der Waals surface area contributed by atoms with Crippen molar-refractivity contribution < 1.29 is 17.9 Å². The van der Waals surface area contributed by atoms with Gasteiger partial charge in [0.1, 0.15) is 0 Å². The number of aliphatic imine (C=N–C) groups is 1. The van der Waals surface area contributed by atoms with E-state index >= 15 is 0 Å². The first-order chi connectivity index (χ1) is 12.4. The van der Waals surface area contributed by atoms with E-state index < -0.39 is 12.8 Å². The van der Waals surface area contributed by atoms with E-state index in [1.54, 1.807) is 25.2 Å². The van der Waals surface area contributed by atoms with Gasteiger partial charge in [0, 0.05) is 37.4 Å². The van der Waals surface area contributed by atoms with Crippen molar-refractivity contribution in [3.63, 3.8) is 0 Å². The molecule has 2 rings (SSSR count). The van der Waals surface area contributed by atoms with E-state index in [1.807, 2.05) is 12.1 Å². The molecular weight excluding hydrogens is 369 g/mol. The first-order valence-electron chi connectivity index (χ1n) is 7.69. The minimum absolute atomic E-state index is 0.0780. The van der Waals surface area contributed by atoms with Gasteiger partial charge in [-0.05, 0) is 29.3 Å². The number of halogens is 4. The highest BCUT2D eigenvalue weighted by atomic mass is 35.5. The Morgan fingerprint density at radius 3 is 2.38 bits per heavy atom. The molecule has 0 aliphatic rings. The minimum atomic E-state index is -4.40. The first kappa shape index (κ1) is 19.8. The van der Waals surface area contributed by atoms with Gasteiger partial charge in [-0.15, -0.1) is 0 Å². The summed E-state index contributed by atoms with van der Waals surface area (Å²) in [5.41, 5.74) is 1.75. The van der Waals surface area contributed by atoms with E-state index in [-0.39, 0.29) is 5.88 Å². The predicted octanol–water partition coefficient (Wildman–Crippen LogP) is 3.54. The fourth-order valence-corrected chi connectivity index (χ4v) is 2.12. The molecule has 0 saturated heterocycles. The summed E-state index contributed by atoms with van der Waals surface area (Å²) in [6.45, 7) is -0.473. The van der Waals surface area contributed by atoms with Crippen molar-refractivity contribution in [2.75, 3.05) is 13.7 Å². The Hall–Kier alpha value is -2.48. The summed E-state index contributed by atoms with van der Waals surface area (Å²) in [5, 5.41) is 6.87. The van der Waals surface area contributed by atoms with Crippen molar-refractivity contribution in [1.29, 1.82) is 0 Å². The van der Waals surface area contributed by atoms with Crippen molar-refractivity contribution in [3.8, 4) is 5.88 Å². The Balaban J connectivity index is 1.85. The van der Waals surface area contributed by atoms with Crippen LogP contribution >= 0.6 is 11.6 Å². The standard InChI is InChI=1S/C17H18ClF3N4O/c1-22-16(24-9-12-2-4-14(18)5-3-12)25-10-13-6-7-23-15(8-13)26-11-17(19,20)21/h2-8H,9-11H2,1H3,(H2,22,24,25). The Bertz CT molecular complexity index is 736. The van der Waals surface area contributed by atoms with Crippen LogP contribution in [0, 0.1) is 0 Å². The number of nitrogens with one attached hydrogen (secondary N) is 2. The number of guanidine groups is 1. The summed E-state index contributed by atoms with van der Waals surface area (Å²) in [7, 11) is 1.63. The second-order valence-electron chi connectivity index (χ2n) is 5.31. The number of benzene rings is 1. The predicted molar refractivity (Wildman–Crippen MR) is 94.3 cm³/mol. The van der Waals surface area contributed by atoms with Crippen LogP contribution in [0.25, 0.3) is 0 Å². The summed E-state index contributed by atoms with van der Waals surface area (Å²) in [6, 6.07) is 10.5. The zero-order chi connectivity index (χ0) is 19.0. The van der Waals surface area contributed by atoms with Crippen LogP contribution in [0.5, 0.6) is 5.88 Å². The van der Waals surface area contributed by atoms with Crippen LogP contribution in [0.1, 0.15) is 11.1 Å². The van der Waals surface area contributed by atoms with Gasteiger partial charge in [-0.3, -0.25) is 4.99 Å². The van der Waals surface area contributed by atoms with Crippen LogP contribution in [-0.2, 0) is 13.1 Å². The maximum absolute atomic E-state index is 12.2. The van der Waals surface area contributed by atoms with E-state index in [0.29, 0.717) is 29.6 Å². The number of ether oxygens (including phenoxy) is 1. The van der Waals surface area contributed by atoms with E-state index in [1.165, 1.54) is 12.3 Å². The summed E-state index contributed by atoms with van der Waals surface area (Å²) in [4.78, 5) is 7.87. The lowest BCUT2D eigenvalue weighted by molar-refractivity contribution is -0.154. The lowest BCUT2D eigenvalue weighted by Crippen LogP contribution is -2.36. The molecule has 1 aromatic heterocycles. The third kappa shape index (κ3) is 7.18. The van der Waals surface area contributed by atoms with Crippen molar-refractivity contribution in [3.05, 3.63) is 58.7 Å². The summed E-state index contributed by atoms with van der Waals surface area (Å²) < 4.78 is 41.2. The number of alkyl halides is 3. The molecule has 0 amide bonds. The molecule has 0 saturated carbocycles. The number of pyridine rings is 1. The number of rotatable bonds is 6. The molecular formula is C17H18ClF3N4O. The van der Waals surface area contributed by atoms with Crippen LogP contribution in [-0.4, -0.2) is 30.8 Å². The molecule has 0 atom stereocenters. The normalized spacial score (nSPS) is 12.0. The third-order valence-electron chi connectivity index (χ3n) is 3.24. The zero-order valence-electron chi connectivity index (χ0n) is 14.0. The van der Waals surface area contributed by atoms with Crippen LogP contribution in [0.3, 0.4) is 0 Å². The van der Waals surface area contributed by atoms with Gasteiger partial charge in [0.25, 0.3) is 0 Å². The van der Waals surface area contributed by atoms with Gasteiger partial charge in [-0.2, -0.15) is 13.2 Å². The Kier molecular flexibility index (Phi) is 7.08. The molecule has 0 aliphatic heterocycles. The second kappa shape index (κ2) is 9.28. The number of hydrogen-bond acceptors (Lipinski definition) is 3. The first-order valence-corrected chi connectivity index (χ1v) is 8.07. The van der Waals surface area contributed by atoms with Gasteiger partial charge in [0.05, 0.1) is 0 Å². The summed E-state index contributed by atoms with van der Waals surface area (Å²) in [5.74, 6) is 0.472. The molecule has 1 aromatic carbocycles. The maximum atomic E-state index is 12.2. The fraction of sp³-hybridized carbons (Fsp3) is 0.294. The highest BCUT2D eigenvalue weighted by molar-refractivity contribution is 6.30. The van der Waals surface area contributed by atoms with Crippen molar-refractivity contribution >= 4 is 17.6 Å². The van der Waals surface area contributed by atoms with Crippen molar-refractivity contribution in [2.24, 2.45) is 4.99 Å². The average Bonchev–Trinajstić information content (AvgIpc) is 2.61. The lowest BCUT2D eigenvalue weighted by atomic mass is 10.2. The van der Waals surface area contributed by atoms with Crippen LogP contribution in [0.2, 0.25) is 5.02 Å². The van der Waals surface area contributed by atoms with Crippen LogP contribution in [0.4, 0.5) is 13.2 Å². The maximum Gasteiger partial charge on any atom is 0.422 e. The highest BCUT2D eigenvalue weighted by Crippen LogP contribution is 2.17. The van der Waals surface area contributed by atoms with Crippen LogP contribution < -0.4 is 15.4 Å². The minimum Gasteiger partial charge on any atom is -0.468 e. The smallest absolute Gasteiger partial charge is 0.422 e. The van der Waals surface area contributed by atoms with Gasteiger partial charge in [0.15, 0.2) is 12.6 Å². The Morgan fingerprint density at radius 1 is 1.12 bits per heavy atom. The fourth-order valence-electron chi connectivity index (χ4n) is 1.99. The largest absolute Gasteiger partial charge is 0.468 e. The van der Waals surface area contributed by atoms with Gasteiger partial charge < -0.3 is 15.4 Å². The number of hydrogen-bond donors (Lipinski definition) is 2. The molecule has 0 fully saturated rings. The van der Waals surface area contributed by atoms with Crippen LogP contribution in [0.15, 0.2) is 47.6 Å². The Morgan fingerprint density at radius 2 is 1.77 bits per heavy atom. The number of aromatic nitrogens is 1. The van der Waals surface area contributed by atoms with Gasteiger partial charge in [0.2, 0.25) is 5.88 Å². The summed E-state index contributed by atoms with van der Waals surface area (Å²) in [6.07, 6.45) is -3.00. The lowest BCUT2D eigenvalue weighted by Gasteiger charge is -2.13. The average molecular weight is 387 g/mol. The molecule has 140 valence electrons.